The van der Waals surface area contributed by atoms with Gasteiger partial charge in [-0.2, -0.15) is 0 Å². The number of methoxy groups -OCH3 is 1. The van der Waals surface area contributed by atoms with Crippen LogP contribution in [0.25, 0.3) is 0 Å². The summed E-state index contributed by atoms with van der Waals surface area (Å²) in [5.74, 6) is -1.11. The van der Waals surface area contributed by atoms with Gasteiger partial charge in [-0.1, -0.05) is 0 Å². The highest BCUT2D eigenvalue weighted by atomic mass is 16.5. The van der Waals surface area contributed by atoms with E-state index in [-0.39, 0.29) is 18.9 Å². The number of carboxylic acids is 1. The Morgan fingerprint density at radius 3 is 2.20 bits per heavy atom. The second kappa shape index (κ2) is 7.68. The molecule has 0 aromatic heterocycles. The van der Waals surface area contributed by atoms with Gasteiger partial charge in [0.1, 0.15) is 6.04 Å². The molecule has 20 heavy (non-hydrogen) atoms. The van der Waals surface area contributed by atoms with Gasteiger partial charge in [0.25, 0.3) is 0 Å². The van der Waals surface area contributed by atoms with Gasteiger partial charge in [-0.3, -0.25) is 4.79 Å². The lowest BCUT2D eigenvalue weighted by molar-refractivity contribution is -0.139. The van der Waals surface area contributed by atoms with Crippen molar-refractivity contribution in [3.8, 4) is 0 Å². The van der Waals surface area contributed by atoms with Crippen LogP contribution < -0.4 is 5.32 Å². The maximum absolute atomic E-state index is 12.0. The van der Waals surface area contributed by atoms with E-state index in [0.29, 0.717) is 26.2 Å². The molecule has 0 aliphatic carbocycles. The van der Waals surface area contributed by atoms with Crippen LogP contribution in [0.15, 0.2) is 0 Å². The SMILES string of the molecule is COCCC(NC(=O)N1CCN(C(C)=O)CC1)C(=O)O. The molecule has 1 fully saturated rings. The van der Waals surface area contributed by atoms with Crippen LogP contribution in [0.3, 0.4) is 0 Å². The smallest absolute Gasteiger partial charge is 0.326 e. The third kappa shape index (κ3) is 4.69. The minimum Gasteiger partial charge on any atom is -0.480 e. The molecule has 1 saturated heterocycles. The second-order valence-electron chi connectivity index (χ2n) is 4.61. The third-order valence-electron chi connectivity index (χ3n) is 3.22. The highest BCUT2D eigenvalue weighted by Gasteiger charge is 2.26. The van der Waals surface area contributed by atoms with Crippen molar-refractivity contribution in [2.24, 2.45) is 0 Å². The molecule has 8 heteroatoms. The minimum absolute atomic E-state index is 0.0198. The van der Waals surface area contributed by atoms with Crippen LogP contribution in [0.5, 0.6) is 0 Å². The van der Waals surface area contributed by atoms with Gasteiger partial charge in [0.05, 0.1) is 0 Å². The summed E-state index contributed by atoms with van der Waals surface area (Å²) in [7, 11) is 1.47. The Labute approximate surface area is 117 Å². The molecule has 2 N–H and O–H groups in total. The zero-order valence-electron chi connectivity index (χ0n) is 11.8. The maximum Gasteiger partial charge on any atom is 0.326 e. The summed E-state index contributed by atoms with van der Waals surface area (Å²) in [6.45, 7) is 3.50. The van der Waals surface area contributed by atoms with Gasteiger partial charge in [0.2, 0.25) is 5.91 Å². The molecule has 0 saturated carbocycles. The average Bonchev–Trinajstić information content (AvgIpc) is 2.42. The average molecular weight is 287 g/mol. The van der Waals surface area contributed by atoms with Gasteiger partial charge < -0.3 is 25.0 Å². The monoisotopic (exact) mass is 287 g/mol. The second-order valence-corrected chi connectivity index (χ2v) is 4.61. The molecule has 0 bridgehead atoms. The fourth-order valence-corrected chi connectivity index (χ4v) is 1.96. The summed E-state index contributed by atoms with van der Waals surface area (Å²) in [5.41, 5.74) is 0. The first-order valence-electron chi connectivity index (χ1n) is 6.48. The predicted molar refractivity (Wildman–Crippen MR) is 70.3 cm³/mol. The number of carbonyl (C=O) groups is 3. The third-order valence-corrected chi connectivity index (χ3v) is 3.22. The number of hydrogen-bond acceptors (Lipinski definition) is 4. The molecule has 0 spiro atoms. The van der Waals surface area contributed by atoms with Crippen molar-refractivity contribution in [3.05, 3.63) is 0 Å². The molecule has 114 valence electrons. The van der Waals surface area contributed by atoms with Crippen LogP contribution >= 0.6 is 0 Å². The Balaban J connectivity index is 2.45. The Morgan fingerprint density at radius 1 is 1.20 bits per heavy atom. The summed E-state index contributed by atoms with van der Waals surface area (Å²) in [5, 5.41) is 11.5. The van der Waals surface area contributed by atoms with Crippen molar-refractivity contribution >= 4 is 17.9 Å². The molecule has 0 aromatic rings. The zero-order chi connectivity index (χ0) is 15.1. The quantitative estimate of drug-likeness (QED) is 0.700. The number of carbonyl (C=O) groups excluding carboxylic acids is 2. The highest BCUT2D eigenvalue weighted by molar-refractivity contribution is 5.82. The van der Waals surface area contributed by atoms with E-state index in [9.17, 15) is 14.4 Å². The summed E-state index contributed by atoms with van der Waals surface area (Å²) in [6.07, 6.45) is 0.213. The molecule has 1 rings (SSSR count). The van der Waals surface area contributed by atoms with Crippen molar-refractivity contribution in [1.82, 2.24) is 15.1 Å². The summed E-state index contributed by atoms with van der Waals surface area (Å²) < 4.78 is 4.82. The Morgan fingerprint density at radius 2 is 1.75 bits per heavy atom. The number of nitrogens with zero attached hydrogens (tertiary/aromatic N) is 2. The Bertz CT molecular complexity index is 366. The number of urea groups is 1. The summed E-state index contributed by atoms with van der Waals surface area (Å²) >= 11 is 0. The molecule has 1 heterocycles. The van der Waals surface area contributed by atoms with Gasteiger partial charge in [-0.15, -0.1) is 0 Å². The first-order valence-corrected chi connectivity index (χ1v) is 6.48. The molecule has 8 nitrogen and oxygen atoms in total. The first kappa shape index (κ1) is 16.2. The van der Waals surface area contributed by atoms with Crippen molar-refractivity contribution in [2.45, 2.75) is 19.4 Å². The van der Waals surface area contributed by atoms with E-state index in [1.165, 1.54) is 18.9 Å². The number of nitrogens with one attached hydrogen (secondary N) is 1. The van der Waals surface area contributed by atoms with Crippen LogP contribution in [-0.4, -0.2) is 78.8 Å². The van der Waals surface area contributed by atoms with E-state index >= 15 is 0 Å². The molecule has 1 atom stereocenters. The largest absolute Gasteiger partial charge is 0.480 e. The van der Waals surface area contributed by atoms with Gasteiger partial charge in [0, 0.05) is 53.2 Å². The van der Waals surface area contributed by atoms with Gasteiger partial charge >= 0.3 is 12.0 Å². The fraction of sp³-hybridized carbons (Fsp3) is 0.750. The van der Waals surface area contributed by atoms with Gasteiger partial charge in [-0.05, 0) is 0 Å². The van der Waals surface area contributed by atoms with Crippen molar-refractivity contribution in [2.75, 3.05) is 39.9 Å². The highest BCUT2D eigenvalue weighted by Crippen LogP contribution is 2.03. The number of carboxylic acid groups (broad SMARTS) is 1. The van der Waals surface area contributed by atoms with Gasteiger partial charge in [-0.25, -0.2) is 9.59 Å². The molecule has 0 aromatic carbocycles. The number of aliphatic carboxylic acids is 1. The van der Waals surface area contributed by atoms with Crippen molar-refractivity contribution in [3.63, 3.8) is 0 Å². The van der Waals surface area contributed by atoms with Gasteiger partial charge in [0.15, 0.2) is 0 Å². The summed E-state index contributed by atoms with van der Waals surface area (Å²) in [4.78, 5) is 37.3. The topological polar surface area (TPSA) is 99.2 Å². The fourth-order valence-electron chi connectivity index (χ4n) is 1.96. The van der Waals surface area contributed by atoms with E-state index < -0.39 is 18.0 Å². The number of rotatable bonds is 5. The molecule has 0 radical (unpaired) electrons. The molecular weight excluding hydrogens is 266 g/mol. The van der Waals surface area contributed by atoms with E-state index in [4.69, 9.17) is 9.84 Å². The standard InChI is InChI=1S/C12H21N3O5/c1-9(16)14-4-6-15(7-5-14)12(19)13-10(11(17)18)3-8-20-2/h10H,3-8H2,1-2H3,(H,13,19)(H,17,18). The molecule has 3 amide bonds. The number of amides is 3. The minimum atomic E-state index is -1.09. The lowest BCUT2D eigenvalue weighted by Gasteiger charge is -2.34. The van der Waals surface area contributed by atoms with E-state index in [0.717, 1.165) is 0 Å². The van der Waals surface area contributed by atoms with Crippen LogP contribution in [-0.2, 0) is 14.3 Å². The molecule has 1 unspecified atom stereocenters. The number of ether oxygens (including phenoxy) is 1. The predicted octanol–water partition coefficient (Wildman–Crippen LogP) is -0.650. The number of piperazine rings is 1. The zero-order valence-corrected chi connectivity index (χ0v) is 11.8. The van der Waals surface area contributed by atoms with Crippen LogP contribution in [0.1, 0.15) is 13.3 Å². The maximum atomic E-state index is 12.0. The lowest BCUT2D eigenvalue weighted by atomic mass is 10.2. The summed E-state index contributed by atoms with van der Waals surface area (Å²) in [6, 6.07) is -1.38. The van der Waals surface area contributed by atoms with E-state index in [1.54, 1.807) is 4.90 Å². The molecule has 1 aliphatic heterocycles. The van der Waals surface area contributed by atoms with E-state index in [1.807, 2.05) is 0 Å². The normalized spacial score (nSPS) is 16.7. The lowest BCUT2D eigenvalue weighted by Crippen LogP contribution is -2.55. The number of hydrogen-bond donors (Lipinski definition) is 2. The first-order chi connectivity index (χ1) is 9.45. The Kier molecular flexibility index (Phi) is 6.23. The van der Waals surface area contributed by atoms with Crippen molar-refractivity contribution in [1.29, 1.82) is 0 Å². The van der Waals surface area contributed by atoms with Crippen LogP contribution in [0.4, 0.5) is 4.79 Å². The molecular formula is C12H21N3O5. The van der Waals surface area contributed by atoms with E-state index in [2.05, 4.69) is 5.32 Å². The molecule has 1 aliphatic rings. The van der Waals surface area contributed by atoms with Crippen LogP contribution in [0, 0.1) is 0 Å². The van der Waals surface area contributed by atoms with Crippen molar-refractivity contribution < 1.29 is 24.2 Å². The Hall–Kier alpha value is -1.83. The van der Waals surface area contributed by atoms with Crippen LogP contribution in [0.2, 0.25) is 0 Å².